The molecule has 3 aromatic carbocycles. The maximum Gasteiger partial charge on any atom is 0.339 e. The van der Waals surface area contributed by atoms with Crippen molar-refractivity contribution in [1.29, 1.82) is 0 Å². The number of hydrogen-bond acceptors (Lipinski definition) is 8. The Balaban J connectivity index is 1.54. The van der Waals surface area contributed by atoms with E-state index in [0.717, 1.165) is 47.6 Å². The van der Waals surface area contributed by atoms with Crippen molar-refractivity contribution in [2.45, 2.75) is 37.9 Å². The number of rotatable bonds is 7. The van der Waals surface area contributed by atoms with Crippen LogP contribution in [0.15, 0.2) is 54.6 Å². The summed E-state index contributed by atoms with van der Waals surface area (Å²) < 4.78 is 17.1. The zero-order valence-corrected chi connectivity index (χ0v) is 18.3. The summed E-state index contributed by atoms with van der Waals surface area (Å²) >= 11 is 0. The molecule has 10 heteroatoms. The summed E-state index contributed by atoms with van der Waals surface area (Å²) in [5.74, 6) is 0.468. The second kappa shape index (κ2) is 9.74. The number of esters is 1. The molecule has 1 saturated carbocycles. The lowest BCUT2D eigenvalue weighted by Gasteiger charge is -2.31. The van der Waals surface area contributed by atoms with Crippen LogP contribution in [0.3, 0.4) is 0 Å². The van der Waals surface area contributed by atoms with Gasteiger partial charge in [0.1, 0.15) is 23.7 Å². The average Bonchev–Trinajstić information content (AvgIpc) is 2.84. The number of ether oxygens (including phenoxy) is 3. The number of non-ortho nitro benzene ring substituents is 2. The number of nitrogens with zero attached hydrogens (tertiary/aromatic N) is 2. The largest absolute Gasteiger partial charge is 0.497 e. The van der Waals surface area contributed by atoms with E-state index in [0.29, 0.717) is 18.6 Å². The van der Waals surface area contributed by atoms with Crippen molar-refractivity contribution in [3.05, 3.63) is 80.4 Å². The van der Waals surface area contributed by atoms with Crippen LogP contribution >= 0.6 is 0 Å². The monoisotopic (exact) mass is 466 g/mol. The van der Waals surface area contributed by atoms with Crippen molar-refractivity contribution < 1.29 is 28.9 Å². The lowest BCUT2D eigenvalue weighted by molar-refractivity contribution is -0.394. The molecule has 3 aromatic rings. The van der Waals surface area contributed by atoms with Crippen LogP contribution in [0, 0.1) is 20.2 Å². The first-order valence-electron chi connectivity index (χ1n) is 10.7. The first-order chi connectivity index (χ1) is 16.3. The highest BCUT2D eigenvalue weighted by molar-refractivity contribution is 5.91. The number of fused-ring (bicyclic) bond motifs is 1. The summed E-state index contributed by atoms with van der Waals surface area (Å²) in [5, 5.41) is 24.2. The molecule has 0 N–H and O–H groups in total. The van der Waals surface area contributed by atoms with Crippen LogP contribution in [0.2, 0.25) is 0 Å². The highest BCUT2D eigenvalue weighted by Crippen LogP contribution is 2.31. The van der Waals surface area contributed by atoms with Crippen molar-refractivity contribution in [2.24, 2.45) is 0 Å². The summed E-state index contributed by atoms with van der Waals surface area (Å²) in [7, 11) is 1.60. The lowest BCUT2D eigenvalue weighted by Crippen LogP contribution is -2.38. The van der Waals surface area contributed by atoms with Crippen molar-refractivity contribution in [3.8, 4) is 11.5 Å². The molecule has 176 valence electrons. The molecule has 0 aromatic heterocycles. The van der Waals surface area contributed by atoms with Gasteiger partial charge < -0.3 is 14.2 Å². The number of nitro benzene ring substituents is 2. The minimum Gasteiger partial charge on any atom is -0.497 e. The maximum absolute atomic E-state index is 12.8. The van der Waals surface area contributed by atoms with E-state index >= 15 is 0 Å². The minimum absolute atomic E-state index is 0.247. The average molecular weight is 466 g/mol. The van der Waals surface area contributed by atoms with Crippen molar-refractivity contribution in [3.63, 3.8) is 0 Å². The molecule has 2 atom stereocenters. The quantitative estimate of drug-likeness (QED) is 0.263. The van der Waals surface area contributed by atoms with Crippen molar-refractivity contribution >= 4 is 28.1 Å². The number of benzene rings is 3. The van der Waals surface area contributed by atoms with Gasteiger partial charge in [0.2, 0.25) is 0 Å². The summed E-state index contributed by atoms with van der Waals surface area (Å²) in [6, 6.07) is 14.1. The summed E-state index contributed by atoms with van der Waals surface area (Å²) in [6.07, 6.45) is 1.90. The smallest absolute Gasteiger partial charge is 0.339 e. The van der Waals surface area contributed by atoms with Crippen LogP contribution in [-0.4, -0.2) is 35.1 Å². The fourth-order valence-electron chi connectivity index (χ4n) is 4.04. The minimum atomic E-state index is -0.865. The third kappa shape index (κ3) is 5.06. The first-order valence-corrected chi connectivity index (χ1v) is 10.7. The number of carbonyl (C=O) groups excluding carboxylic acids is 1. The van der Waals surface area contributed by atoms with Gasteiger partial charge in [-0.25, -0.2) is 4.79 Å². The third-order valence-electron chi connectivity index (χ3n) is 5.77. The van der Waals surface area contributed by atoms with Gasteiger partial charge in [-0.1, -0.05) is 12.1 Å². The van der Waals surface area contributed by atoms with E-state index in [4.69, 9.17) is 14.2 Å². The van der Waals surface area contributed by atoms with Gasteiger partial charge >= 0.3 is 5.97 Å². The van der Waals surface area contributed by atoms with Crippen LogP contribution in [0.1, 0.15) is 36.0 Å². The van der Waals surface area contributed by atoms with Gasteiger partial charge in [-0.05, 0) is 60.7 Å². The van der Waals surface area contributed by atoms with Crippen LogP contribution in [-0.2, 0) is 4.74 Å². The molecular formula is C24H22N2O8. The fourth-order valence-corrected chi connectivity index (χ4v) is 4.04. The van der Waals surface area contributed by atoms with Gasteiger partial charge in [-0.15, -0.1) is 0 Å². The standard InChI is InChI=1S/C24H22N2O8/c1-32-20-8-6-15-7-9-21(13-16(15)12-20)33-22-4-2-3-5-23(22)34-24(27)17-10-18(25(28)29)14-19(11-17)26(30)31/h6-14,22-23H,2-5H2,1H3/t22-,23-/m1/s1. The zero-order valence-electron chi connectivity index (χ0n) is 18.3. The zero-order chi connectivity index (χ0) is 24.2. The van der Waals surface area contributed by atoms with E-state index in [1.807, 2.05) is 36.4 Å². The van der Waals surface area contributed by atoms with E-state index < -0.39 is 39.4 Å². The Hall–Kier alpha value is -4.21. The topological polar surface area (TPSA) is 131 Å². The predicted molar refractivity (Wildman–Crippen MR) is 122 cm³/mol. The molecule has 0 heterocycles. The van der Waals surface area contributed by atoms with Gasteiger partial charge in [-0.2, -0.15) is 0 Å². The third-order valence-corrected chi connectivity index (χ3v) is 5.77. The summed E-state index contributed by atoms with van der Waals surface area (Å²) in [4.78, 5) is 33.5. The Morgan fingerprint density at radius 3 is 2.03 bits per heavy atom. The molecule has 1 aliphatic carbocycles. The van der Waals surface area contributed by atoms with Gasteiger partial charge in [0, 0.05) is 12.1 Å². The van der Waals surface area contributed by atoms with E-state index in [1.165, 1.54) is 0 Å². The number of nitro groups is 2. The molecule has 0 bridgehead atoms. The molecule has 0 radical (unpaired) electrons. The number of methoxy groups -OCH3 is 1. The normalized spacial score (nSPS) is 17.7. The van der Waals surface area contributed by atoms with Crippen LogP contribution < -0.4 is 9.47 Å². The van der Waals surface area contributed by atoms with Gasteiger partial charge in [-0.3, -0.25) is 20.2 Å². The summed E-state index contributed by atoms with van der Waals surface area (Å²) in [6.45, 7) is 0. The Morgan fingerprint density at radius 2 is 1.41 bits per heavy atom. The van der Waals surface area contributed by atoms with Gasteiger partial charge in [0.05, 0.1) is 28.6 Å². The number of carbonyl (C=O) groups is 1. The van der Waals surface area contributed by atoms with Crippen LogP contribution in [0.5, 0.6) is 11.5 Å². The van der Waals surface area contributed by atoms with E-state index in [1.54, 1.807) is 7.11 Å². The van der Waals surface area contributed by atoms with Gasteiger partial charge in [0.15, 0.2) is 0 Å². The summed E-state index contributed by atoms with van der Waals surface area (Å²) in [5.41, 5.74) is -1.35. The Labute approximate surface area is 194 Å². The molecule has 0 spiro atoms. The predicted octanol–water partition coefficient (Wildman–Crippen LogP) is 5.21. The van der Waals surface area contributed by atoms with Crippen LogP contribution in [0.25, 0.3) is 10.8 Å². The maximum atomic E-state index is 12.8. The Kier molecular flexibility index (Phi) is 6.58. The molecule has 0 unspecified atom stereocenters. The van der Waals surface area contributed by atoms with Crippen LogP contribution in [0.4, 0.5) is 11.4 Å². The molecular weight excluding hydrogens is 444 g/mol. The highest BCUT2D eigenvalue weighted by atomic mass is 16.6. The molecule has 1 fully saturated rings. The van der Waals surface area contributed by atoms with E-state index in [2.05, 4.69) is 0 Å². The molecule has 0 saturated heterocycles. The molecule has 0 amide bonds. The molecule has 0 aliphatic heterocycles. The molecule has 10 nitrogen and oxygen atoms in total. The molecule has 4 rings (SSSR count). The van der Waals surface area contributed by atoms with Gasteiger partial charge in [0.25, 0.3) is 11.4 Å². The Bertz CT molecular complexity index is 1230. The van der Waals surface area contributed by atoms with E-state index in [9.17, 15) is 25.0 Å². The highest BCUT2D eigenvalue weighted by Gasteiger charge is 2.31. The second-order valence-electron chi connectivity index (χ2n) is 8.01. The Morgan fingerprint density at radius 1 is 0.824 bits per heavy atom. The molecule has 1 aliphatic rings. The first kappa shape index (κ1) is 23.0. The van der Waals surface area contributed by atoms with Crippen molar-refractivity contribution in [2.75, 3.05) is 7.11 Å². The molecule has 34 heavy (non-hydrogen) atoms. The lowest BCUT2D eigenvalue weighted by atomic mass is 9.94. The second-order valence-corrected chi connectivity index (χ2v) is 8.01. The number of hydrogen-bond donors (Lipinski definition) is 0. The SMILES string of the molecule is COc1ccc2ccc(O[C@@H]3CCCC[C@H]3OC(=O)c3cc([N+](=O)[O-])cc([N+](=O)[O-])c3)cc2c1. The fraction of sp³-hybridized carbons (Fsp3) is 0.292. The van der Waals surface area contributed by atoms with E-state index in [-0.39, 0.29) is 5.56 Å². The van der Waals surface area contributed by atoms with Crippen molar-refractivity contribution in [1.82, 2.24) is 0 Å².